The summed E-state index contributed by atoms with van der Waals surface area (Å²) in [5.74, 6) is -0.187. The number of amides is 1. The molecule has 0 bridgehead atoms. The highest BCUT2D eigenvalue weighted by Crippen LogP contribution is 1.82. The van der Waals surface area contributed by atoms with Gasteiger partial charge in [-0.15, -0.1) is 0 Å². The maximum Gasteiger partial charge on any atom is 0.247 e. The lowest BCUT2D eigenvalue weighted by atomic mass is 10.3. The third kappa shape index (κ3) is 2.36. The summed E-state index contributed by atoms with van der Waals surface area (Å²) in [7, 11) is 0. The molecule has 0 rings (SSSR count). The van der Waals surface area contributed by atoms with Crippen molar-refractivity contribution < 1.29 is 4.79 Å². The highest BCUT2D eigenvalue weighted by atomic mass is 16.1. The predicted molar refractivity (Wildman–Crippen MR) is 32.0 cm³/mol. The molecule has 8 heavy (non-hydrogen) atoms. The van der Waals surface area contributed by atoms with Crippen molar-refractivity contribution in [2.45, 2.75) is 6.92 Å². The summed E-state index contributed by atoms with van der Waals surface area (Å²) < 4.78 is 0. The maximum atomic E-state index is 10.5. The van der Waals surface area contributed by atoms with Gasteiger partial charge in [0, 0.05) is 5.57 Å². The Balaban J connectivity index is 3.49. The first-order valence-corrected chi connectivity index (χ1v) is 2.32. The highest BCUT2D eigenvalue weighted by Gasteiger charge is 1.95. The normalized spacial score (nSPS) is 8.25. The summed E-state index contributed by atoms with van der Waals surface area (Å²) in [5, 5.41) is 2.38. The van der Waals surface area contributed by atoms with E-state index < -0.39 is 0 Å². The van der Waals surface area contributed by atoms with E-state index in [9.17, 15) is 4.79 Å². The van der Waals surface area contributed by atoms with Gasteiger partial charge in [0.25, 0.3) is 0 Å². The highest BCUT2D eigenvalue weighted by molar-refractivity contribution is 5.91. The largest absolute Gasteiger partial charge is 0.340 e. The van der Waals surface area contributed by atoms with E-state index >= 15 is 0 Å². The summed E-state index contributed by atoms with van der Waals surface area (Å²) in [6, 6.07) is 0. The summed E-state index contributed by atoms with van der Waals surface area (Å²) in [6.07, 6.45) is 0. The van der Waals surface area contributed by atoms with Crippen molar-refractivity contribution in [3.63, 3.8) is 0 Å². The van der Waals surface area contributed by atoms with E-state index in [-0.39, 0.29) is 12.6 Å². The molecule has 46 valence electrons. The Morgan fingerprint density at radius 1 is 1.88 bits per heavy atom. The minimum atomic E-state index is -0.187. The Hall–Kier alpha value is -0.830. The van der Waals surface area contributed by atoms with Crippen LogP contribution in [0, 0.1) is 0 Å². The zero-order chi connectivity index (χ0) is 6.57. The van der Waals surface area contributed by atoms with Gasteiger partial charge in [0.1, 0.15) is 0 Å². The van der Waals surface area contributed by atoms with Crippen molar-refractivity contribution in [3.8, 4) is 0 Å². The van der Waals surface area contributed by atoms with Crippen LogP contribution in [0.25, 0.3) is 0 Å². The molecule has 0 atom stereocenters. The van der Waals surface area contributed by atoms with Crippen LogP contribution in [-0.4, -0.2) is 12.6 Å². The topological polar surface area (TPSA) is 55.1 Å². The molecule has 0 aliphatic heterocycles. The second-order valence-corrected chi connectivity index (χ2v) is 1.49. The van der Waals surface area contributed by atoms with E-state index in [0.29, 0.717) is 5.57 Å². The molecular weight excluding hydrogens is 104 g/mol. The molecule has 0 aromatic rings. The zero-order valence-electron chi connectivity index (χ0n) is 4.90. The van der Waals surface area contributed by atoms with Crippen LogP contribution in [0.2, 0.25) is 0 Å². The van der Waals surface area contributed by atoms with Crippen LogP contribution in [0.15, 0.2) is 12.2 Å². The number of nitrogens with two attached hydrogens (primary N) is 1. The molecule has 3 nitrogen and oxygen atoms in total. The van der Waals surface area contributed by atoms with E-state index in [4.69, 9.17) is 5.73 Å². The third-order valence-electron chi connectivity index (χ3n) is 0.650. The van der Waals surface area contributed by atoms with Gasteiger partial charge in [-0.1, -0.05) is 6.58 Å². The third-order valence-corrected chi connectivity index (χ3v) is 0.650. The minimum absolute atomic E-state index is 0.172. The molecule has 0 unspecified atom stereocenters. The van der Waals surface area contributed by atoms with E-state index in [2.05, 4.69) is 11.9 Å². The first-order chi connectivity index (χ1) is 3.68. The van der Waals surface area contributed by atoms with Crippen molar-refractivity contribution >= 4 is 5.91 Å². The lowest BCUT2D eigenvalue weighted by molar-refractivity contribution is -0.117. The van der Waals surface area contributed by atoms with Crippen LogP contribution < -0.4 is 11.1 Å². The van der Waals surface area contributed by atoms with Crippen molar-refractivity contribution in [1.29, 1.82) is 0 Å². The lowest BCUT2D eigenvalue weighted by Gasteiger charge is -1.97. The molecule has 3 N–H and O–H groups in total. The Bertz CT molecular complexity index is 109. The van der Waals surface area contributed by atoms with Crippen LogP contribution in [0.4, 0.5) is 0 Å². The standard InChI is InChI=1S/C5H10N2O/c1-4(2)5(8)7-3-6/h1,3,6H2,2H3,(H,7,8). The van der Waals surface area contributed by atoms with Gasteiger partial charge in [0.15, 0.2) is 0 Å². The van der Waals surface area contributed by atoms with Gasteiger partial charge in [-0.25, -0.2) is 0 Å². The average molecular weight is 114 g/mol. The Labute approximate surface area is 48.6 Å². The molecule has 0 spiro atoms. The quantitative estimate of drug-likeness (QED) is 0.379. The molecule has 0 saturated heterocycles. The van der Waals surface area contributed by atoms with Crippen molar-refractivity contribution in [2.24, 2.45) is 5.73 Å². The van der Waals surface area contributed by atoms with Crippen LogP contribution in [0.1, 0.15) is 6.92 Å². The zero-order valence-corrected chi connectivity index (χ0v) is 4.90. The Morgan fingerprint density at radius 2 is 2.38 bits per heavy atom. The van der Waals surface area contributed by atoms with Crippen molar-refractivity contribution in [2.75, 3.05) is 6.67 Å². The molecular formula is C5H10N2O. The molecule has 0 radical (unpaired) electrons. The molecule has 0 aliphatic rings. The van der Waals surface area contributed by atoms with E-state index in [1.54, 1.807) is 6.92 Å². The number of hydrogen-bond donors (Lipinski definition) is 2. The number of carbonyl (C=O) groups is 1. The molecule has 1 amide bonds. The fourth-order valence-corrected chi connectivity index (χ4v) is 0.244. The van der Waals surface area contributed by atoms with E-state index in [0.717, 1.165) is 0 Å². The second-order valence-electron chi connectivity index (χ2n) is 1.49. The Morgan fingerprint density at radius 3 is 2.50 bits per heavy atom. The van der Waals surface area contributed by atoms with Gasteiger partial charge in [0.2, 0.25) is 5.91 Å². The molecule has 0 saturated carbocycles. The van der Waals surface area contributed by atoms with Gasteiger partial charge in [-0.05, 0) is 6.92 Å². The van der Waals surface area contributed by atoms with Crippen LogP contribution in [0.5, 0.6) is 0 Å². The minimum Gasteiger partial charge on any atom is -0.340 e. The number of carbonyl (C=O) groups excluding carboxylic acids is 1. The molecule has 0 aliphatic carbocycles. The first-order valence-electron chi connectivity index (χ1n) is 2.32. The fourth-order valence-electron chi connectivity index (χ4n) is 0.244. The van der Waals surface area contributed by atoms with Gasteiger partial charge in [-0.2, -0.15) is 0 Å². The lowest BCUT2D eigenvalue weighted by Crippen LogP contribution is -2.29. The van der Waals surface area contributed by atoms with Gasteiger partial charge >= 0.3 is 0 Å². The van der Waals surface area contributed by atoms with Gasteiger partial charge < -0.3 is 11.1 Å². The monoisotopic (exact) mass is 114 g/mol. The first kappa shape index (κ1) is 7.17. The summed E-state index contributed by atoms with van der Waals surface area (Å²) in [4.78, 5) is 10.5. The molecule has 3 heteroatoms. The van der Waals surface area contributed by atoms with Crippen LogP contribution >= 0.6 is 0 Å². The van der Waals surface area contributed by atoms with Crippen molar-refractivity contribution in [1.82, 2.24) is 5.32 Å². The SMILES string of the molecule is C=C(C)C(=O)NCN. The number of hydrogen-bond acceptors (Lipinski definition) is 2. The van der Waals surface area contributed by atoms with Crippen LogP contribution in [-0.2, 0) is 4.79 Å². The summed E-state index contributed by atoms with van der Waals surface area (Å²) in [6.45, 7) is 5.21. The number of nitrogens with one attached hydrogen (secondary N) is 1. The van der Waals surface area contributed by atoms with Crippen LogP contribution in [0.3, 0.4) is 0 Å². The summed E-state index contributed by atoms with van der Waals surface area (Å²) >= 11 is 0. The molecule has 0 aromatic carbocycles. The smallest absolute Gasteiger partial charge is 0.247 e. The van der Waals surface area contributed by atoms with E-state index in [1.807, 2.05) is 0 Å². The van der Waals surface area contributed by atoms with Gasteiger partial charge in [0.05, 0.1) is 6.67 Å². The molecule has 0 aromatic heterocycles. The fraction of sp³-hybridized carbons (Fsp3) is 0.400. The number of rotatable bonds is 2. The van der Waals surface area contributed by atoms with Crippen molar-refractivity contribution in [3.05, 3.63) is 12.2 Å². The predicted octanol–water partition coefficient (Wildman–Crippen LogP) is -0.405. The molecule has 0 heterocycles. The second kappa shape index (κ2) is 3.21. The summed E-state index contributed by atoms with van der Waals surface area (Å²) in [5.41, 5.74) is 5.48. The Kier molecular flexibility index (Phi) is 2.88. The van der Waals surface area contributed by atoms with Gasteiger partial charge in [-0.3, -0.25) is 4.79 Å². The molecule has 0 fully saturated rings. The van der Waals surface area contributed by atoms with E-state index in [1.165, 1.54) is 0 Å². The average Bonchev–Trinajstić information content (AvgIpc) is 1.67. The maximum absolute atomic E-state index is 10.5.